The lowest BCUT2D eigenvalue weighted by molar-refractivity contribution is 0.590. The molecule has 0 atom stereocenters. The SMILES string of the molecule is CC(C)(C)c1ccc(N(c2cccc(-c3ccccc3)c2)c2ccc3ccc4c(N(c5ccc(C(C)(C)C)cc5)c5cccc(-c6ccccc6)c5)ccc5ccc2c3c54)cc1. The Kier molecular flexibility index (Phi) is 9.68. The van der Waals surface area contributed by atoms with Crippen LogP contribution in [0.1, 0.15) is 52.7 Å². The Balaban J connectivity index is 1.19. The minimum absolute atomic E-state index is 0.0483. The van der Waals surface area contributed by atoms with Gasteiger partial charge in [-0.3, -0.25) is 0 Å². The van der Waals surface area contributed by atoms with E-state index in [2.05, 4.69) is 258 Å². The van der Waals surface area contributed by atoms with Crippen LogP contribution >= 0.6 is 0 Å². The van der Waals surface area contributed by atoms with E-state index in [1.54, 1.807) is 0 Å². The van der Waals surface area contributed by atoms with E-state index in [0.29, 0.717) is 0 Å². The van der Waals surface area contributed by atoms with Crippen LogP contribution in [0.5, 0.6) is 0 Å². The highest BCUT2D eigenvalue weighted by atomic mass is 15.1. The predicted molar refractivity (Wildman–Crippen MR) is 268 cm³/mol. The molecule has 0 bridgehead atoms. The second-order valence-corrected chi connectivity index (χ2v) is 18.7. The van der Waals surface area contributed by atoms with Crippen LogP contribution < -0.4 is 9.80 Å². The van der Waals surface area contributed by atoms with E-state index in [-0.39, 0.29) is 10.8 Å². The molecule has 0 radical (unpaired) electrons. The number of anilines is 6. The normalized spacial score (nSPS) is 12.0. The average molecular weight is 801 g/mol. The summed E-state index contributed by atoms with van der Waals surface area (Å²) in [7, 11) is 0. The van der Waals surface area contributed by atoms with Crippen molar-refractivity contribution in [3.8, 4) is 22.3 Å². The van der Waals surface area contributed by atoms with Crippen LogP contribution in [0.25, 0.3) is 54.6 Å². The summed E-state index contributed by atoms with van der Waals surface area (Å²) in [5.41, 5.74) is 14.3. The molecule has 10 aromatic rings. The van der Waals surface area contributed by atoms with Crippen molar-refractivity contribution in [2.75, 3.05) is 9.80 Å². The van der Waals surface area contributed by atoms with Crippen LogP contribution in [0.15, 0.2) is 206 Å². The summed E-state index contributed by atoms with van der Waals surface area (Å²) < 4.78 is 0. The number of hydrogen-bond donors (Lipinski definition) is 0. The van der Waals surface area contributed by atoms with Gasteiger partial charge >= 0.3 is 0 Å². The van der Waals surface area contributed by atoms with Crippen molar-refractivity contribution in [1.82, 2.24) is 0 Å². The first-order valence-corrected chi connectivity index (χ1v) is 21.8. The van der Waals surface area contributed by atoms with E-state index in [1.807, 2.05) is 0 Å². The van der Waals surface area contributed by atoms with Gasteiger partial charge in [0.15, 0.2) is 0 Å². The zero-order chi connectivity index (χ0) is 42.6. The third-order valence-corrected chi connectivity index (χ3v) is 12.5. The smallest absolute Gasteiger partial charge is 0.0540 e. The minimum atomic E-state index is 0.0483. The van der Waals surface area contributed by atoms with Crippen LogP contribution in [-0.4, -0.2) is 0 Å². The molecule has 2 heteroatoms. The van der Waals surface area contributed by atoms with Gasteiger partial charge in [0.05, 0.1) is 11.4 Å². The quantitative estimate of drug-likeness (QED) is 0.141. The van der Waals surface area contributed by atoms with E-state index in [4.69, 9.17) is 0 Å². The lowest BCUT2D eigenvalue weighted by Gasteiger charge is -2.30. The van der Waals surface area contributed by atoms with Crippen molar-refractivity contribution in [2.24, 2.45) is 0 Å². The maximum absolute atomic E-state index is 2.45. The molecule has 0 saturated carbocycles. The van der Waals surface area contributed by atoms with Crippen LogP contribution in [-0.2, 0) is 10.8 Å². The van der Waals surface area contributed by atoms with Crippen molar-refractivity contribution in [1.29, 1.82) is 0 Å². The van der Waals surface area contributed by atoms with Gasteiger partial charge in [-0.2, -0.15) is 0 Å². The van der Waals surface area contributed by atoms with Crippen molar-refractivity contribution < 1.29 is 0 Å². The molecule has 0 unspecified atom stereocenters. The van der Waals surface area contributed by atoms with Gasteiger partial charge < -0.3 is 9.80 Å². The molecule has 0 heterocycles. The lowest BCUT2D eigenvalue weighted by Crippen LogP contribution is -2.14. The van der Waals surface area contributed by atoms with E-state index in [9.17, 15) is 0 Å². The van der Waals surface area contributed by atoms with Crippen LogP contribution in [0, 0.1) is 0 Å². The summed E-state index contributed by atoms with van der Waals surface area (Å²) in [6.07, 6.45) is 0. The first-order valence-electron chi connectivity index (χ1n) is 21.8. The van der Waals surface area contributed by atoms with Gasteiger partial charge in [-0.05, 0) is 126 Å². The maximum atomic E-state index is 2.45. The fourth-order valence-electron chi connectivity index (χ4n) is 9.15. The number of rotatable bonds is 8. The summed E-state index contributed by atoms with van der Waals surface area (Å²) in [5.74, 6) is 0. The fraction of sp³-hybridized carbons (Fsp3) is 0.133. The highest BCUT2D eigenvalue weighted by Crippen LogP contribution is 2.48. The molecule has 0 aliphatic rings. The molecule has 0 fully saturated rings. The summed E-state index contributed by atoms with van der Waals surface area (Å²) >= 11 is 0. The van der Waals surface area contributed by atoms with Gasteiger partial charge in [0, 0.05) is 33.5 Å². The van der Waals surface area contributed by atoms with Crippen molar-refractivity contribution in [2.45, 2.75) is 52.4 Å². The summed E-state index contributed by atoms with van der Waals surface area (Å²) in [5, 5.41) is 7.44. The topological polar surface area (TPSA) is 6.48 Å². The summed E-state index contributed by atoms with van der Waals surface area (Å²) in [6, 6.07) is 76.2. The van der Waals surface area contributed by atoms with Gasteiger partial charge in [0.1, 0.15) is 0 Å². The van der Waals surface area contributed by atoms with Crippen molar-refractivity contribution in [3.63, 3.8) is 0 Å². The van der Waals surface area contributed by atoms with E-state index in [0.717, 1.165) is 34.1 Å². The largest absolute Gasteiger partial charge is 0.310 e. The van der Waals surface area contributed by atoms with E-state index in [1.165, 1.54) is 65.7 Å². The third kappa shape index (κ3) is 7.16. The van der Waals surface area contributed by atoms with Crippen LogP contribution in [0.3, 0.4) is 0 Å². The molecule has 0 aliphatic heterocycles. The van der Waals surface area contributed by atoms with Gasteiger partial charge in [-0.15, -0.1) is 0 Å². The molecule has 0 saturated heterocycles. The monoisotopic (exact) mass is 800 g/mol. The second-order valence-electron chi connectivity index (χ2n) is 18.7. The molecule has 302 valence electrons. The zero-order valence-corrected chi connectivity index (χ0v) is 36.5. The average Bonchev–Trinajstić information content (AvgIpc) is 3.30. The van der Waals surface area contributed by atoms with Crippen LogP contribution in [0.2, 0.25) is 0 Å². The number of nitrogens with zero attached hydrogens (tertiary/aromatic N) is 2. The Hall–Kier alpha value is -7.16. The van der Waals surface area contributed by atoms with Crippen LogP contribution in [0.4, 0.5) is 34.1 Å². The van der Waals surface area contributed by atoms with Crippen molar-refractivity contribution >= 4 is 66.4 Å². The van der Waals surface area contributed by atoms with E-state index >= 15 is 0 Å². The van der Waals surface area contributed by atoms with E-state index < -0.39 is 0 Å². The van der Waals surface area contributed by atoms with Gasteiger partial charge in [-0.1, -0.05) is 187 Å². The highest BCUT2D eigenvalue weighted by molar-refractivity contribution is 6.28. The molecule has 10 aromatic carbocycles. The molecular weight excluding hydrogens is 749 g/mol. The molecule has 62 heavy (non-hydrogen) atoms. The minimum Gasteiger partial charge on any atom is -0.310 e. The standard InChI is InChI=1S/C60H52N2/c1-59(2,3)47-27-31-49(32-28-47)61(51-21-13-19-45(39-51)41-15-9-7-10-16-41)55-37-25-43-24-36-54-56(38-26-44-23-35-53(55)57(43)58(44)54)62(50-33-29-48(30-34-50)60(4,5)6)52-22-14-20-46(40-52)42-17-11-8-12-18-42/h7-40H,1-6H3. The predicted octanol–water partition coefficient (Wildman–Crippen LogP) is 17.5. The first kappa shape index (κ1) is 39.0. The Morgan fingerprint density at radius 3 is 1.02 bits per heavy atom. The molecule has 10 rings (SSSR count). The zero-order valence-electron chi connectivity index (χ0n) is 36.5. The molecule has 2 nitrogen and oxygen atoms in total. The summed E-state index contributed by atoms with van der Waals surface area (Å²) in [6.45, 7) is 13.7. The molecule has 0 amide bonds. The van der Waals surface area contributed by atoms with Crippen molar-refractivity contribution in [3.05, 3.63) is 217 Å². The molecule has 0 spiro atoms. The van der Waals surface area contributed by atoms with Gasteiger partial charge in [-0.25, -0.2) is 0 Å². The number of benzene rings is 10. The third-order valence-electron chi connectivity index (χ3n) is 12.5. The molecule has 0 aliphatic carbocycles. The Morgan fingerprint density at radius 1 is 0.290 bits per heavy atom. The molecular formula is C60H52N2. The Morgan fingerprint density at radius 2 is 0.645 bits per heavy atom. The Labute approximate surface area is 366 Å². The number of hydrogen-bond acceptors (Lipinski definition) is 2. The highest BCUT2D eigenvalue weighted by Gasteiger charge is 2.24. The Bertz CT molecular complexity index is 2950. The molecule has 0 N–H and O–H groups in total. The first-order chi connectivity index (χ1) is 30.0. The van der Waals surface area contributed by atoms with Gasteiger partial charge in [0.2, 0.25) is 0 Å². The lowest BCUT2D eigenvalue weighted by atomic mass is 9.87. The fourth-order valence-corrected chi connectivity index (χ4v) is 9.15. The maximum Gasteiger partial charge on any atom is 0.0540 e. The molecule has 0 aromatic heterocycles. The second kappa shape index (κ2) is 15.4. The summed E-state index contributed by atoms with van der Waals surface area (Å²) in [4.78, 5) is 4.90. The van der Waals surface area contributed by atoms with Gasteiger partial charge in [0.25, 0.3) is 0 Å².